The smallest absolute Gasteiger partial charge is 0.191 e. The lowest BCUT2D eigenvalue weighted by molar-refractivity contribution is 0.485. The first-order valence-corrected chi connectivity index (χ1v) is 8.70. The summed E-state index contributed by atoms with van der Waals surface area (Å²) in [6.45, 7) is 0.642. The van der Waals surface area contributed by atoms with E-state index in [4.69, 9.17) is 17.3 Å². The maximum atomic E-state index is 6.34. The zero-order chi connectivity index (χ0) is 14.7. The number of nitrogens with zero attached hydrogens (tertiary/aromatic N) is 3. The highest BCUT2D eigenvalue weighted by Crippen LogP contribution is 2.37. The van der Waals surface area contributed by atoms with Gasteiger partial charge < -0.3 is 5.73 Å². The van der Waals surface area contributed by atoms with Gasteiger partial charge in [0.15, 0.2) is 11.0 Å². The quantitative estimate of drug-likeness (QED) is 0.851. The Morgan fingerprint density at radius 1 is 1.24 bits per heavy atom. The van der Waals surface area contributed by atoms with Gasteiger partial charge in [0.2, 0.25) is 0 Å². The highest BCUT2D eigenvalue weighted by molar-refractivity contribution is 7.99. The summed E-state index contributed by atoms with van der Waals surface area (Å²) in [6, 6.07) is 8.31. The fraction of sp³-hybridized carbons (Fsp3) is 0.467. The molecule has 1 aliphatic carbocycles. The third-order valence-electron chi connectivity index (χ3n) is 3.82. The second-order valence-electron chi connectivity index (χ2n) is 5.23. The minimum atomic E-state index is 0.478. The second-order valence-corrected chi connectivity index (χ2v) is 6.70. The van der Waals surface area contributed by atoms with Crippen LogP contribution in [0.15, 0.2) is 29.4 Å². The van der Waals surface area contributed by atoms with Crippen molar-refractivity contribution in [3.8, 4) is 11.4 Å². The molecule has 0 aliphatic heterocycles. The van der Waals surface area contributed by atoms with Crippen molar-refractivity contribution in [2.45, 2.75) is 36.9 Å². The molecule has 21 heavy (non-hydrogen) atoms. The van der Waals surface area contributed by atoms with Crippen LogP contribution in [0.25, 0.3) is 11.4 Å². The summed E-state index contributed by atoms with van der Waals surface area (Å²) in [5.41, 5.74) is 6.58. The van der Waals surface area contributed by atoms with Gasteiger partial charge in [-0.25, -0.2) is 0 Å². The summed E-state index contributed by atoms with van der Waals surface area (Å²) in [5.74, 6) is 1.74. The normalized spacial score (nSPS) is 15.7. The SMILES string of the molecule is NCCSc1nnc(-c2ccccc2Cl)n1C1CCCC1. The van der Waals surface area contributed by atoms with Gasteiger partial charge in [-0.2, -0.15) is 0 Å². The van der Waals surface area contributed by atoms with Crippen LogP contribution >= 0.6 is 23.4 Å². The average molecular weight is 323 g/mol. The molecule has 112 valence electrons. The zero-order valence-electron chi connectivity index (χ0n) is 11.8. The van der Waals surface area contributed by atoms with Crippen LogP contribution in [0.4, 0.5) is 0 Å². The van der Waals surface area contributed by atoms with Crippen LogP contribution in [0.1, 0.15) is 31.7 Å². The topological polar surface area (TPSA) is 56.7 Å². The van der Waals surface area contributed by atoms with Crippen LogP contribution in [0.2, 0.25) is 5.02 Å². The number of rotatable bonds is 5. The van der Waals surface area contributed by atoms with Gasteiger partial charge in [0, 0.05) is 23.9 Å². The van der Waals surface area contributed by atoms with Crippen molar-refractivity contribution in [3.05, 3.63) is 29.3 Å². The Kier molecular flexibility index (Phi) is 4.83. The summed E-state index contributed by atoms with van der Waals surface area (Å²) in [6.07, 6.45) is 4.91. The van der Waals surface area contributed by atoms with Crippen molar-refractivity contribution >= 4 is 23.4 Å². The van der Waals surface area contributed by atoms with E-state index in [1.807, 2.05) is 24.3 Å². The fourth-order valence-corrected chi connectivity index (χ4v) is 3.84. The van der Waals surface area contributed by atoms with Crippen LogP contribution in [0.3, 0.4) is 0 Å². The molecule has 6 heteroatoms. The van der Waals surface area contributed by atoms with Gasteiger partial charge in [-0.15, -0.1) is 10.2 Å². The lowest BCUT2D eigenvalue weighted by Gasteiger charge is -2.17. The van der Waals surface area contributed by atoms with Crippen LogP contribution in [-0.2, 0) is 0 Å². The fourth-order valence-electron chi connectivity index (χ4n) is 2.84. The van der Waals surface area contributed by atoms with E-state index in [1.165, 1.54) is 25.7 Å². The monoisotopic (exact) mass is 322 g/mol. The van der Waals surface area contributed by atoms with Crippen LogP contribution < -0.4 is 5.73 Å². The standard InChI is InChI=1S/C15H19ClN4S/c16-13-8-4-3-7-12(13)14-18-19-15(21-10-9-17)20(14)11-5-1-2-6-11/h3-4,7-8,11H,1-2,5-6,9-10,17H2. The molecule has 2 N–H and O–H groups in total. The molecule has 1 heterocycles. The largest absolute Gasteiger partial charge is 0.330 e. The molecule has 1 aromatic carbocycles. The first-order chi connectivity index (χ1) is 10.3. The molecule has 3 rings (SSSR count). The molecule has 0 radical (unpaired) electrons. The molecule has 0 bridgehead atoms. The number of benzene rings is 1. The molecule has 0 unspecified atom stereocenters. The van der Waals surface area contributed by atoms with Crippen molar-refractivity contribution in [3.63, 3.8) is 0 Å². The van der Waals surface area contributed by atoms with E-state index < -0.39 is 0 Å². The van der Waals surface area contributed by atoms with E-state index in [2.05, 4.69) is 14.8 Å². The third-order valence-corrected chi connectivity index (χ3v) is 5.12. The lowest BCUT2D eigenvalue weighted by atomic mass is 10.2. The Labute approximate surface area is 134 Å². The number of hydrogen-bond donors (Lipinski definition) is 1. The first kappa shape index (κ1) is 14.9. The molecule has 0 atom stereocenters. The maximum absolute atomic E-state index is 6.34. The van der Waals surface area contributed by atoms with Crippen LogP contribution in [0.5, 0.6) is 0 Å². The predicted molar refractivity (Wildman–Crippen MR) is 87.8 cm³/mol. The van der Waals surface area contributed by atoms with Gasteiger partial charge in [-0.3, -0.25) is 4.57 Å². The zero-order valence-corrected chi connectivity index (χ0v) is 13.4. The van der Waals surface area contributed by atoms with Gasteiger partial charge in [-0.05, 0) is 25.0 Å². The number of thioether (sulfide) groups is 1. The Balaban J connectivity index is 2.03. The average Bonchev–Trinajstić information content (AvgIpc) is 3.14. The summed E-state index contributed by atoms with van der Waals surface area (Å²) < 4.78 is 2.27. The molecule has 0 saturated heterocycles. The second kappa shape index (κ2) is 6.81. The molecule has 1 fully saturated rings. The van der Waals surface area contributed by atoms with Gasteiger partial charge in [0.1, 0.15) is 0 Å². The molecule has 0 spiro atoms. The Bertz CT molecular complexity index is 607. The maximum Gasteiger partial charge on any atom is 0.191 e. The number of hydrogen-bond acceptors (Lipinski definition) is 4. The summed E-state index contributed by atoms with van der Waals surface area (Å²) in [7, 11) is 0. The summed E-state index contributed by atoms with van der Waals surface area (Å²) in [4.78, 5) is 0. The predicted octanol–water partition coefficient (Wildman–Crippen LogP) is 3.76. The van der Waals surface area contributed by atoms with E-state index in [1.54, 1.807) is 11.8 Å². The van der Waals surface area contributed by atoms with Crippen LogP contribution in [0, 0.1) is 0 Å². The Hall–Kier alpha value is -1.04. The Morgan fingerprint density at radius 3 is 2.71 bits per heavy atom. The summed E-state index contributed by atoms with van der Waals surface area (Å²) >= 11 is 8.02. The van der Waals surface area contributed by atoms with Crippen molar-refractivity contribution in [2.75, 3.05) is 12.3 Å². The highest BCUT2D eigenvalue weighted by Gasteiger charge is 2.25. The summed E-state index contributed by atoms with van der Waals surface area (Å²) in [5, 5.41) is 10.5. The molecule has 4 nitrogen and oxygen atoms in total. The van der Waals surface area contributed by atoms with Crippen LogP contribution in [-0.4, -0.2) is 27.1 Å². The molecular formula is C15H19ClN4S. The van der Waals surface area contributed by atoms with E-state index in [-0.39, 0.29) is 0 Å². The van der Waals surface area contributed by atoms with Gasteiger partial charge in [0.05, 0.1) is 5.02 Å². The van der Waals surface area contributed by atoms with Crippen molar-refractivity contribution < 1.29 is 0 Å². The van der Waals surface area contributed by atoms with Gasteiger partial charge >= 0.3 is 0 Å². The van der Waals surface area contributed by atoms with Gasteiger partial charge in [-0.1, -0.05) is 48.3 Å². The highest BCUT2D eigenvalue weighted by atomic mass is 35.5. The molecule has 1 aromatic heterocycles. The number of halogens is 1. The molecular weight excluding hydrogens is 304 g/mol. The molecule has 0 amide bonds. The minimum absolute atomic E-state index is 0.478. The lowest BCUT2D eigenvalue weighted by Crippen LogP contribution is -2.10. The number of aromatic nitrogens is 3. The first-order valence-electron chi connectivity index (χ1n) is 7.34. The van der Waals surface area contributed by atoms with E-state index in [0.29, 0.717) is 12.6 Å². The van der Waals surface area contributed by atoms with Crippen molar-refractivity contribution in [2.24, 2.45) is 5.73 Å². The Morgan fingerprint density at radius 2 is 2.00 bits per heavy atom. The molecule has 2 aromatic rings. The minimum Gasteiger partial charge on any atom is -0.330 e. The van der Waals surface area contributed by atoms with Crippen molar-refractivity contribution in [1.82, 2.24) is 14.8 Å². The van der Waals surface area contributed by atoms with E-state index in [0.717, 1.165) is 27.3 Å². The molecule has 1 saturated carbocycles. The number of nitrogens with two attached hydrogens (primary N) is 1. The molecule has 1 aliphatic rings. The third kappa shape index (κ3) is 3.10. The van der Waals surface area contributed by atoms with E-state index in [9.17, 15) is 0 Å². The van der Waals surface area contributed by atoms with Gasteiger partial charge in [0.25, 0.3) is 0 Å². The van der Waals surface area contributed by atoms with E-state index >= 15 is 0 Å². The van der Waals surface area contributed by atoms with Crippen molar-refractivity contribution in [1.29, 1.82) is 0 Å².